The molecule has 0 bridgehead atoms. The van der Waals surface area contributed by atoms with Crippen LogP contribution in [0.2, 0.25) is 0 Å². The van der Waals surface area contributed by atoms with Gasteiger partial charge >= 0.3 is 0 Å². The zero-order valence-corrected chi connectivity index (χ0v) is 14.3. The number of rotatable bonds is 5. The van der Waals surface area contributed by atoms with Gasteiger partial charge in [-0.25, -0.2) is 5.43 Å². The van der Waals surface area contributed by atoms with Crippen molar-refractivity contribution in [1.29, 1.82) is 0 Å². The summed E-state index contributed by atoms with van der Waals surface area (Å²) in [7, 11) is 0. The second-order valence-electron chi connectivity index (χ2n) is 6.49. The highest BCUT2D eigenvalue weighted by Crippen LogP contribution is 2.18. The molecule has 0 spiro atoms. The van der Waals surface area contributed by atoms with E-state index in [0.29, 0.717) is 11.7 Å². The second-order valence-corrected chi connectivity index (χ2v) is 6.49. The maximum Gasteiger partial charge on any atom is 0.277 e. The third kappa shape index (κ3) is 6.43. The molecule has 4 nitrogen and oxygen atoms in total. The summed E-state index contributed by atoms with van der Waals surface area (Å²) in [6.07, 6.45) is 8.20. The van der Waals surface area contributed by atoms with Gasteiger partial charge in [-0.3, -0.25) is 4.79 Å². The molecule has 4 heteroatoms. The van der Waals surface area contributed by atoms with E-state index >= 15 is 0 Å². The van der Waals surface area contributed by atoms with E-state index in [2.05, 4.69) is 24.4 Å². The molecular weight excluding hydrogens is 288 g/mol. The van der Waals surface area contributed by atoms with Gasteiger partial charge in [0, 0.05) is 5.71 Å². The Bertz CT molecular complexity index is 511. The lowest BCUT2D eigenvalue weighted by molar-refractivity contribution is -0.123. The van der Waals surface area contributed by atoms with E-state index in [1.165, 1.54) is 37.7 Å². The van der Waals surface area contributed by atoms with Crippen LogP contribution in [-0.2, 0) is 4.79 Å². The Morgan fingerprint density at radius 1 is 1.09 bits per heavy atom. The predicted octanol–water partition coefficient (Wildman–Crippen LogP) is 4.41. The zero-order valence-electron chi connectivity index (χ0n) is 14.3. The minimum atomic E-state index is -0.201. The normalized spacial score (nSPS) is 15.7. The lowest BCUT2D eigenvalue weighted by Crippen LogP contribution is -2.26. The highest BCUT2D eigenvalue weighted by atomic mass is 16.5. The Morgan fingerprint density at radius 2 is 1.70 bits per heavy atom. The molecule has 0 atom stereocenters. The van der Waals surface area contributed by atoms with Crippen LogP contribution >= 0.6 is 0 Å². The molecule has 23 heavy (non-hydrogen) atoms. The summed E-state index contributed by atoms with van der Waals surface area (Å²) in [6, 6.07) is 7.88. The Labute approximate surface area is 139 Å². The fourth-order valence-electron chi connectivity index (χ4n) is 2.70. The van der Waals surface area contributed by atoms with Crippen molar-refractivity contribution in [1.82, 2.24) is 5.43 Å². The molecule has 1 aromatic rings. The second kappa shape index (κ2) is 9.33. The number of ether oxygens (including phenoxy) is 1. The number of carbonyl (C=O) groups is 1. The quantitative estimate of drug-likeness (QED) is 0.818. The molecule has 0 aromatic heterocycles. The summed E-state index contributed by atoms with van der Waals surface area (Å²) in [5.74, 6) is 1.00. The molecule has 1 aliphatic carbocycles. The van der Waals surface area contributed by atoms with Crippen LogP contribution in [0.3, 0.4) is 0 Å². The van der Waals surface area contributed by atoms with Crippen molar-refractivity contribution >= 4 is 11.6 Å². The molecule has 126 valence electrons. The van der Waals surface area contributed by atoms with Gasteiger partial charge in [-0.2, -0.15) is 5.10 Å². The first kappa shape index (κ1) is 17.5. The van der Waals surface area contributed by atoms with Crippen LogP contribution in [0, 0.1) is 0 Å². The Balaban J connectivity index is 1.75. The number of benzene rings is 1. The Kier molecular flexibility index (Phi) is 7.11. The van der Waals surface area contributed by atoms with Gasteiger partial charge in [0.25, 0.3) is 5.91 Å². The number of hydrazone groups is 1. The standard InChI is InChI=1S/C19H28N2O2/c1-15(2)16-10-12-18(13-11-16)23-14-19(22)21-20-17-8-6-4-3-5-7-9-17/h10-13,15H,3-9,14H2,1-2H3,(H,21,22). The summed E-state index contributed by atoms with van der Waals surface area (Å²) >= 11 is 0. The molecule has 1 amide bonds. The Morgan fingerprint density at radius 3 is 2.30 bits per heavy atom. The number of nitrogens with one attached hydrogen (secondary N) is 1. The zero-order chi connectivity index (χ0) is 16.5. The molecule has 0 radical (unpaired) electrons. The highest BCUT2D eigenvalue weighted by Gasteiger charge is 2.07. The van der Waals surface area contributed by atoms with Crippen LogP contribution in [0.4, 0.5) is 0 Å². The number of hydrogen-bond acceptors (Lipinski definition) is 3. The molecule has 0 saturated heterocycles. The van der Waals surface area contributed by atoms with E-state index in [1.54, 1.807) is 0 Å². The lowest BCUT2D eigenvalue weighted by atomic mass is 9.99. The van der Waals surface area contributed by atoms with E-state index < -0.39 is 0 Å². The van der Waals surface area contributed by atoms with Crippen LogP contribution in [0.1, 0.15) is 70.3 Å². The SMILES string of the molecule is CC(C)c1ccc(OCC(=O)NN=C2CCCCCCC2)cc1. The average Bonchev–Trinajstić information content (AvgIpc) is 2.52. The third-order valence-electron chi connectivity index (χ3n) is 4.19. The van der Waals surface area contributed by atoms with Gasteiger partial charge < -0.3 is 4.74 Å². The fourth-order valence-corrected chi connectivity index (χ4v) is 2.70. The molecule has 0 aliphatic heterocycles. The average molecular weight is 316 g/mol. The minimum Gasteiger partial charge on any atom is -0.484 e. The first-order valence-electron chi connectivity index (χ1n) is 8.72. The first-order valence-corrected chi connectivity index (χ1v) is 8.72. The molecule has 0 unspecified atom stereocenters. The molecule has 2 rings (SSSR count). The summed E-state index contributed by atoms with van der Waals surface area (Å²) in [6.45, 7) is 4.30. The lowest BCUT2D eigenvalue weighted by Gasteiger charge is -2.11. The van der Waals surface area contributed by atoms with Crippen LogP contribution in [0.5, 0.6) is 5.75 Å². The van der Waals surface area contributed by atoms with Crippen LogP contribution in [-0.4, -0.2) is 18.2 Å². The summed E-state index contributed by atoms with van der Waals surface area (Å²) in [5.41, 5.74) is 5.00. The monoisotopic (exact) mass is 316 g/mol. The predicted molar refractivity (Wildman–Crippen MR) is 93.9 cm³/mol. The van der Waals surface area contributed by atoms with Gasteiger partial charge in [0.1, 0.15) is 5.75 Å². The molecule has 1 aliphatic rings. The third-order valence-corrected chi connectivity index (χ3v) is 4.19. The van der Waals surface area contributed by atoms with Crippen molar-refractivity contribution in [2.24, 2.45) is 5.10 Å². The molecule has 1 N–H and O–H groups in total. The van der Waals surface area contributed by atoms with Gasteiger partial charge in [0.05, 0.1) is 0 Å². The molecule has 1 aromatic carbocycles. The molecule has 1 fully saturated rings. The van der Waals surface area contributed by atoms with Crippen LogP contribution < -0.4 is 10.2 Å². The van der Waals surface area contributed by atoms with Gasteiger partial charge in [-0.05, 0) is 49.3 Å². The van der Waals surface area contributed by atoms with Gasteiger partial charge in [-0.1, -0.05) is 45.2 Å². The van der Waals surface area contributed by atoms with Gasteiger partial charge in [0.15, 0.2) is 6.61 Å². The maximum atomic E-state index is 11.8. The summed E-state index contributed by atoms with van der Waals surface area (Å²) in [4.78, 5) is 11.8. The first-order chi connectivity index (χ1) is 11.1. The number of hydrogen-bond donors (Lipinski definition) is 1. The molecule has 1 saturated carbocycles. The fraction of sp³-hybridized carbons (Fsp3) is 0.579. The van der Waals surface area contributed by atoms with Gasteiger partial charge in [-0.15, -0.1) is 0 Å². The maximum absolute atomic E-state index is 11.8. The molecular formula is C19H28N2O2. The van der Waals surface area contributed by atoms with E-state index in [4.69, 9.17) is 4.74 Å². The van der Waals surface area contributed by atoms with Crippen molar-refractivity contribution in [2.45, 2.75) is 64.7 Å². The van der Waals surface area contributed by atoms with Crippen LogP contribution in [0.15, 0.2) is 29.4 Å². The number of nitrogens with zero attached hydrogens (tertiary/aromatic N) is 1. The Hall–Kier alpha value is -1.84. The largest absolute Gasteiger partial charge is 0.484 e. The van der Waals surface area contributed by atoms with E-state index in [9.17, 15) is 4.79 Å². The van der Waals surface area contributed by atoms with Crippen molar-refractivity contribution in [3.05, 3.63) is 29.8 Å². The van der Waals surface area contributed by atoms with Crippen molar-refractivity contribution in [3.8, 4) is 5.75 Å². The van der Waals surface area contributed by atoms with Crippen molar-refractivity contribution in [2.75, 3.05) is 6.61 Å². The summed E-state index contributed by atoms with van der Waals surface area (Å²) < 4.78 is 5.51. The number of carbonyl (C=O) groups excluding carboxylic acids is 1. The van der Waals surface area contributed by atoms with Gasteiger partial charge in [0.2, 0.25) is 0 Å². The van der Waals surface area contributed by atoms with E-state index in [0.717, 1.165) is 18.6 Å². The highest BCUT2D eigenvalue weighted by molar-refractivity contribution is 5.86. The minimum absolute atomic E-state index is 0.00218. The van der Waals surface area contributed by atoms with Crippen molar-refractivity contribution < 1.29 is 9.53 Å². The molecule has 0 heterocycles. The van der Waals surface area contributed by atoms with Crippen molar-refractivity contribution in [3.63, 3.8) is 0 Å². The number of amides is 1. The summed E-state index contributed by atoms with van der Waals surface area (Å²) in [5, 5.41) is 4.27. The van der Waals surface area contributed by atoms with E-state index in [-0.39, 0.29) is 12.5 Å². The van der Waals surface area contributed by atoms with Crippen LogP contribution in [0.25, 0.3) is 0 Å². The smallest absolute Gasteiger partial charge is 0.277 e. The van der Waals surface area contributed by atoms with E-state index in [1.807, 2.05) is 24.3 Å². The topological polar surface area (TPSA) is 50.7 Å².